The Hall–Kier alpha value is -2.66. The fourth-order valence-corrected chi connectivity index (χ4v) is 4.09. The third-order valence-corrected chi connectivity index (χ3v) is 6.11. The summed E-state index contributed by atoms with van der Waals surface area (Å²) in [6.45, 7) is 11.9. The van der Waals surface area contributed by atoms with Crippen LogP contribution in [-0.4, -0.2) is 49.3 Å². The zero-order valence-electron chi connectivity index (χ0n) is 19.2. The number of anilines is 1. The third-order valence-electron chi connectivity index (χ3n) is 6.11. The molecule has 0 bridgehead atoms. The van der Waals surface area contributed by atoms with Gasteiger partial charge in [-0.05, 0) is 54.7 Å². The topological polar surface area (TPSA) is 52.7 Å². The molecule has 0 unspecified atom stereocenters. The SMILES string of the molecule is CCc1ccc([C@@H](NC(=O)CN2CCN(c3ccc(C(C)=O)cc3)CC2)C(C)C)cc1. The number of nitrogens with zero attached hydrogens (tertiary/aromatic N) is 2. The first-order valence-electron chi connectivity index (χ1n) is 11.3. The van der Waals surface area contributed by atoms with E-state index in [2.05, 4.69) is 60.2 Å². The summed E-state index contributed by atoms with van der Waals surface area (Å²) in [7, 11) is 0. The van der Waals surface area contributed by atoms with Gasteiger partial charge in [-0.25, -0.2) is 0 Å². The molecule has 1 N–H and O–H groups in total. The van der Waals surface area contributed by atoms with Crippen molar-refractivity contribution < 1.29 is 9.59 Å². The number of rotatable bonds is 8. The number of amides is 1. The van der Waals surface area contributed by atoms with Crippen molar-refractivity contribution in [2.24, 2.45) is 5.92 Å². The number of hydrogen-bond donors (Lipinski definition) is 1. The van der Waals surface area contributed by atoms with Crippen molar-refractivity contribution in [3.63, 3.8) is 0 Å². The molecule has 1 saturated heterocycles. The minimum absolute atomic E-state index is 0.0273. The van der Waals surface area contributed by atoms with E-state index in [9.17, 15) is 9.59 Å². The molecule has 166 valence electrons. The molecule has 1 aliphatic rings. The predicted octanol–water partition coefficient (Wildman–Crippen LogP) is 4.09. The normalized spacial score (nSPS) is 15.7. The largest absolute Gasteiger partial charge is 0.369 e. The second-order valence-corrected chi connectivity index (χ2v) is 8.75. The van der Waals surface area contributed by atoms with Gasteiger partial charge in [-0.15, -0.1) is 0 Å². The Morgan fingerprint density at radius 1 is 0.935 bits per heavy atom. The van der Waals surface area contributed by atoms with Crippen LogP contribution in [0.2, 0.25) is 0 Å². The summed E-state index contributed by atoms with van der Waals surface area (Å²) in [5.41, 5.74) is 4.35. The molecule has 1 aliphatic heterocycles. The number of nitrogens with one attached hydrogen (secondary N) is 1. The Bertz CT molecular complexity index is 867. The first-order chi connectivity index (χ1) is 14.9. The van der Waals surface area contributed by atoms with Crippen LogP contribution in [0.5, 0.6) is 0 Å². The molecule has 1 heterocycles. The summed E-state index contributed by atoms with van der Waals surface area (Å²) in [6, 6.07) is 16.4. The standard InChI is InChI=1S/C26H35N3O2/c1-5-21-6-8-23(9-7-21)26(19(2)3)27-25(31)18-28-14-16-29(17-15-28)24-12-10-22(11-13-24)20(4)30/h6-13,19,26H,5,14-18H2,1-4H3,(H,27,31)/t26-/m0/s1. The molecule has 1 atom stereocenters. The number of hydrogen-bond acceptors (Lipinski definition) is 4. The van der Waals surface area contributed by atoms with E-state index in [1.54, 1.807) is 6.92 Å². The first-order valence-corrected chi connectivity index (χ1v) is 11.3. The molecule has 0 saturated carbocycles. The Kier molecular flexibility index (Phi) is 7.85. The number of piperazine rings is 1. The van der Waals surface area contributed by atoms with Gasteiger partial charge in [-0.3, -0.25) is 14.5 Å². The van der Waals surface area contributed by atoms with E-state index in [-0.39, 0.29) is 17.7 Å². The average molecular weight is 422 g/mol. The van der Waals surface area contributed by atoms with E-state index < -0.39 is 0 Å². The van der Waals surface area contributed by atoms with E-state index in [1.165, 1.54) is 11.1 Å². The van der Waals surface area contributed by atoms with E-state index in [4.69, 9.17) is 0 Å². The number of carbonyl (C=O) groups excluding carboxylic acids is 2. The zero-order valence-corrected chi connectivity index (χ0v) is 19.2. The lowest BCUT2D eigenvalue weighted by atomic mass is 9.95. The number of ketones is 1. The number of Topliss-reactive ketones (excluding diaryl/α,β-unsaturated/α-hetero) is 1. The lowest BCUT2D eigenvalue weighted by molar-refractivity contribution is -0.123. The number of benzene rings is 2. The zero-order chi connectivity index (χ0) is 22.4. The van der Waals surface area contributed by atoms with Crippen LogP contribution < -0.4 is 10.2 Å². The highest BCUT2D eigenvalue weighted by Crippen LogP contribution is 2.22. The molecule has 0 aliphatic carbocycles. The van der Waals surface area contributed by atoms with Gasteiger partial charge in [-0.2, -0.15) is 0 Å². The second-order valence-electron chi connectivity index (χ2n) is 8.75. The second kappa shape index (κ2) is 10.6. The fourth-order valence-electron chi connectivity index (χ4n) is 4.09. The van der Waals surface area contributed by atoms with Crippen LogP contribution >= 0.6 is 0 Å². The van der Waals surface area contributed by atoms with Crippen molar-refractivity contribution in [2.45, 2.75) is 40.2 Å². The highest BCUT2D eigenvalue weighted by atomic mass is 16.2. The molecule has 5 heteroatoms. The van der Waals surface area contributed by atoms with Crippen molar-refractivity contribution in [1.29, 1.82) is 0 Å². The van der Waals surface area contributed by atoms with Gasteiger partial charge in [0.15, 0.2) is 5.78 Å². The molecule has 3 rings (SSSR count). The Balaban J connectivity index is 1.52. The number of aryl methyl sites for hydroxylation is 1. The molecule has 1 fully saturated rings. The minimum Gasteiger partial charge on any atom is -0.369 e. The van der Waals surface area contributed by atoms with E-state index in [1.807, 2.05) is 24.3 Å². The molecular weight excluding hydrogens is 386 g/mol. The van der Waals surface area contributed by atoms with Crippen LogP contribution in [0.4, 0.5) is 5.69 Å². The maximum Gasteiger partial charge on any atom is 0.234 e. The maximum atomic E-state index is 12.8. The van der Waals surface area contributed by atoms with Crippen LogP contribution in [0.3, 0.4) is 0 Å². The molecule has 5 nitrogen and oxygen atoms in total. The lowest BCUT2D eigenvalue weighted by Gasteiger charge is -2.36. The smallest absolute Gasteiger partial charge is 0.234 e. The van der Waals surface area contributed by atoms with Gasteiger partial charge in [0.2, 0.25) is 5.91 Å². The van der Waals surface area contributed by atoms with Crippen LogP contribution in [0.1, 0.15) is 55.2 Å². The Morgan fingerprint density at radius 2 is 1.55 bits per heavy atom. The molecule has 0 aromatic heterocycles. The summed E-state index contributed by atoms with van der Waals surface area (Å²) in [6.07, 6.45) is 1.02. The van der Waals surface area contributed by atoms with Gasteiger partial charge >= 0.3 is 0 Å². The van der Waals surface area contributed by atoms with E-state index in [0.29, 0.717) is 12.5 Å². The average Bonchev–Trinajstić information content (AvgIpc) is 2.78. The third kappa shape index (κ3) is 6.17. The number of carbonyl (C=O) groups is 2. The van der Waals surface area contributed by atoms with Gasteiger partial charge in [-0.1, -0.05) is 45.0 Å². The van der Waals surface area contributed by atoms with Crippen molar-refractivity contribution in [1.82, 2.24) is 10.2 Å². The van der Waals surface area contributed by atoms with Crippen molar-refractivity contribution >= 4 is 17.4 Å². The quantitative estimate of drug-likeness (QED) is 0.653. The van der Waals surface area contributed by atoms with Crippen LogP contribution in [0.15, 0.2) is 48.5 Å². The molecule has 1 amide bonds. The highest BCUT2D eigenvalue weighted by molar-refractivity contribution is 5.94. The Labute approximate surface area is 186 Å². The van der Waals surface area contributed by atoms with Gasteiger partial charge in [0.25, 0.3) is 0 Å². The molecule has 31 heavy (non-hydrogen) atoms. The lowest BCUT2D eigenvalue weighted by Crippen LogP contribution is -2.50. The molecule has 0 radical (unpaired) electrons. The molecular formula is C26H35N3O2. The molecule has 0 spiro atoms. The van der Waals surface area contributed by atoms with Crippen molar-refractivity contribution in [3.05, 3.63) is 65.2 Å². The van der Waals surface area contributed by atoms with Gasteiger partial charge in [0, 0.05) is 37.4 Å². The Morgan fingerprint density at radius 3 is 2.06 bits per heavy atom. The van der Waals surface area contributed by atoms with Crippen molar-refractivity contribution in [3.8, 4) is 0 Å². The monoisotopic (exact) mass is 421 g/mol. The summed E-state index contributed by atoms with van der Waals surface area (Å²) >= 11 is 0. The molecule has 2 aromatic rings. The van der Waals surface area contributed by atoms with E-state index >= 15 is 0 Å². The van der Waals surface area contributed by atoms with Crippen LogP contribution in [0, 0.1) is 5.92 Å². The minimum atomic E-state index is 0.0273. The van der Waals surface area contributed by atoms with Gasteiger partial charge in [0.1, 0.15) is 0 Å². The molecule has 2 aromatic carbocycles. The van der Waals surface area contributed by atoms with Gasteiger partial charge in [0.05, 0.1) is 12.6 Å². The first kappa shape index (κ1) is 23.0. The summed E-state index contributed by atoms with van der Waals surface area (Å²) < 4.78 is 0. The predicted molar refractivity (Wildman–Crippen MR) is 127 cm³/mol. The fraction of sp³-hybridized carbons (Fsp3) is 0.462. The van der Waals surface area contributed by atoms with Crippen LogP contribution in [0.25, 0.3) is 0 Å². The summed E-state index contributed by atoms with van der Waals surface area (Å²) in [5.74, 6) is 0.493. The summed E-state index contributed by atoms with van der Waals surface area (Å²) in [4.78, 5) is 28.8. The highest BCUT2D eigenvalue weighted by Gasteiger charge is 2.22. The van der Waals surface area contributed by atoms with Crippen molar-refractivity contribution in [2.75, 3.05) is 37.6 Å². The van der Waals surface area contributed by atoms with Gasteiger partial charge < -0.3 is 10.2 Å². The van der Waals surface area contributed by atoms with E-state index in [0.717, 1.165) is 43.9 Å². The van der Waals surface area contributed by atoms with Crippen LogP contribution in [-0.2, 0) is 11.2 Å². The maximum absolute atomic E-state index is 12.8. The summed E-state index contributed by atoms with van der Waals surface area (Å²) in [5, 5.41) is 3.25.